The highest BCUT2D eigenvalue weighted by Gasteiger charge is 2.28. The Bertz CT molecular complexity index is 485. The van der Waals surface area contributed by atoms with Gasteiger partial charge in [0.05, 0.1) is 0 Å². The average molecular weight is 291 g/mol. The Morgan fingerprint density at radius 2 is 2.14 bits per heavy atom. The molecular formula is C17H29N3O. The zero-order valence-corrected chi connectivity index (χ0v) is 13.6. The molecule has 1 aromatic rings. The number of nitrogens with zero attached hydrogens (tertiary/aromatic N) is 2. The minimum absolute atomic E-state index is 0.0964. The van der Waals surface area contributed by atoms with Crippen LogP contribution in [0, 0.1) is 5.92 Å². The molecule has 0 aliphatic carbocycles. The lowest BCUT2D eigenvalue weighted by Crippen LogP contribution is -2.58. The van der Waals surface area contributed by atoms with E-state index in [1.807, 2.05) is 16.8 Å². The van der Waals surface area contributed by atoms with E-state index in [1.165, 1.54) is 6.42 Å². The molecule has 2 rings (SSSR count). The first-order valence-electron chi connectivity index (χ1n) is 8.28. The smallest absolute Gasteiger partial charge is 0.250 e. The average Bonchev–Trinajstić information content (AvgIpc) is 2.53. The number of pyridine rings is 1. The van der Waals surface area contributed by atoms with Gasteiger partial charge in [-0.15, -0.1) is 0 Å². The summed E-state index contributed by atoms with van der Waals surface area (Å²) >= 11 is 0. The summed E-state index contributed by atoms with van der Waals surface area (Å²) in [5.74, 6) is 0.699. The van der Waals surface area contributed by atoms with E-state index in [0.717, 1.165) is 32.6 Å². The number of hydrogen-bond acceptors (Lipinski definition) is 3. The number of aromatic nitrogens is 1. The van der Waals surface area contributed by atoms with Crippen LogP contribution in [0.15, 0.2) is 29.2 Å². The Hall–Kier alpha value is -1.13. The van der Waals surface area contributed by atoms with Gasteiger partial charge in [0.2, 0.25) is 0 Å². The fourth-order valence-corrected chi connectivity index (χ4v) is 3.11. The molecule has 4 nitrogen and oxygen atoms in total. The molecule has 1 saturated heterocycles. The molecule has 0 amide bonds. The minimum atomic E-state index is 0.0964. The minimum Gasteiger partial charge on any atom is -0.314 e. The van der Waals surface area contributed by atoms with Crippen molar-refractivity contribution in [3.63, 3.8) is 0 Å². The molecule has 21 heavy (non-hydrogen) atoms. The quantitative estimate of drug-likeness (QED) is 0.870. The second-order valence-electron chi connectivity index (χ2n) is 6.19. The van der Waals surface area contributed by atoms with Crippen molar-refractivity contribution in [2.45, 2.75) is 52.2 Å². The molecule has 118 valence electrons. The van der Waals surface area contributed by atoms with Crippen molar-refractivity contribution < 1.29 is 0 Å². The third-order valence-electron chi connectivity index (χ3n) is 4.89. The van der Waals surface area contributed by atoms with Crippen molar-refractivity contribution in [1.29, 1.82) is 0 Å². The van der Waals surface area contributed by atoms with Gasteiger partial charge in [-0.1, -0.05) is 33.3 Å². The highest BCUT2D eigenvalue weighted by molar-refractivity contribution is 4.94. The van der Waals surface area contributed by atoms with Gasteiger partial charge in [-0.05, 0) is 18.4 Å². The van der Waals surface area contributed by atoms with Crippen LogP contribution in [0.1, 0.15) is 33.6 Å². The molecule has 1 fully saturated rings. The maximum absolute atomic E-state index is 11.8. The molecule has 1 N–H and O–H groups in total. The van der Waals surface area contributed by atoms with E-state index in [0.29, 0.717) is 18.0 Å². The number of piperazine rings is 1. The van der Waals surface area contributed by atoms with Crippen molar-refractivity contribution in [3.8, 4) is 0 Å². The zero-order valence-electron chi connectivity index (χ0n) is 13.6. The van der Waals surface area contributed by atoms with Crippen molar-refractivity contribution in [3.05, 3.63) is 34.7 Å². The SMILES string of the molecule is CCC(C)C1CN(CCn2ccccc2=O)C(CC)CN1. The summed E-state index contributed by atoms with van der Waals surface area (Å²) in [5.41, 5.74) is 0.0964. The molecule has 0 aromatic carbocycles. The molecule has 0 saturated carbocycles. The molecule has 1 aliphatic rings. The largest absolute Gasteiger partial charge is 0.314 e. The molecular weight excluding hydrogens is 262 g/mol. The Labute approximate surface area is 128 Å². The summed E-state index contributed by atoms with van der Waals surface area (Å²) in [6.07, 6.45) is 4.25. The Morgan fingerprint density at radius 1 is 1.33 bits per heavy atom. The topological polar surface area (TPSA) is 37.3 Å². The lowest BCUT2D eigenvalue weighted by atomic mass is 9.95. The number of hydrogen-bond donors (Lipinski definition) is 1. The van der Waals surface area contributed by atoms with Crippen molar-refractivity contribution in [2.75, 3.05) is 19.6 Å². The number of rotatable bonds is 6. The Balaban J connectivity index is 1.98. The Kier molecular flexibility index (Phi) is 6.00. The van der Waals surface area contributed by atoms with Crippen molar-refractivity contribution in [1.82, 2.24) is 14.8 Å². The van der Waals surface area contributed by atoms with Crippen LogP contribution >= 0.6 is 0 Å². The monoisotopic (exact) mass is 291 g/mol. The normalized spacial score (nSPS) is 24.9. The van der Waals surface area contributed by atoms with E-state index in [-0.39, 0.29) is 5.56 Å². The predicted molar refractivity (Wildman–Crippen MR) is 87.6 cm³/mol. The van der Waals surface area contributed by atoms with E-state index in [9.17, 15) is 4.79 Å². The Morgan fingerprint density at radius 3 is 2.81 bits per heavy atom. The van der Waals surface area contributed by atoms with Crippen LogP contribution in [0.3, 0.4) is 0 Å². The first-order chi connectivity index (χ1) is 10.2. The van der Waals surface area contributed by atoms with Crippen LogP contribution < -0.4 is 10.9 Å². The maximum atomic E-state index is 11.8. The summed E-state index contributed by atoms with van der Waals surface area (Å²) in [6, 6.07) is 6.53. The van der Waals surface area contributed by atoms with E-state index < -0.39 is 0 Å². The molecule has 0 spiro atoms. The zero-order chi connectivity index (χ0) is 15.2. The van der Waals surface area contributed by atoms with Crippen LogP contribution in [0.4, 0.5) is 0 Å². The van der Waals surface area contributed by atoms with Crippen LogP contribution in [0.25, 0.3) is 0 Å². The first-order valence-corrected chi connectivity index (χ1v) is 8.28. The van der Waals surface area contributed by atoms with Gasteiger partial charge in [0, 0.05) is 50.5 Å². The van der Waals surface area contributed by atoms with E-state index in [2.05, 4.69) is 31.0 Å². The fourth-order valence-electron chi connectivity index (χ4n) is 3.11. The van der Waals surface area contributed by atoms with Gasteiger partial charge in [-0.3, -0.25) is 9.69 Å². The molecule has 2 heterocycles. The lowest BCUT2D eigenvalue weighted by Gasteiger charge is -2.42. The van der Waals surface area contributed by atoms with Gasteiger partial charge < -0.3 is 9.88 Å². The van der Waals surface area contributed by atoms with Crippen LogP contribution in [-0.4, -0.2) is 41.2 Å². The van der Waals surface area contributed by atoms with Gasteiger partial charge in [-0.2, -0.15) is 0 Å². The highest BCUT2D eigenvalue weighted by Crippen LogP contribution is 2.17. The third kappa shape index (κ3) is 4.17. The summed E-state index contributed by atoms with van der Waals surface area (Å²) in [4.78, 5) is 14.4. The summed E-state index contributed by atoms with van der Waals surface area (Å²) < 4.78 is 1.81. The van der Waals surface area contributed by atoms with Gasteiger partial charge in [0.25, 0.3) is 5.56 Å². The fraction of sp³-hybridized carbons (Fsp3) is 0.706. The van der Waals surface area contributed by atoms with E-state index in [1.54, 1.807) is 12.1 Å². The standard InChI is InChI=1S/C17H29N3O/c1-4-14(3)16-13-20(15(5-2)12-18-16)11-10-19-9-7-6-8-17(19)21/h6-9,14-16,18H,4-5,10-13H2,1-3H3. The van der Waals surface area contributed by atoms with Gasteiger partial charge >= 0.3 is 0 Å². The molecule has 0 bridgehead atoms. The van der Waals surface area contributed by atoms with Crippen LogP contribution in [0.2, 0.25) is 0 Å². The van der Waals surface area contributed by atoms with E-state index >= 15 is 0 Å². The third-order valence-corrected chi connectivity index (χ3v) is 4.89. The van der Waals surface area contributed by atoms with E-state index in [4.69, 9.17) is 0 Å². The van der Waals surface area contributed by atoms with Crippen LogP contribution in [0.5, 0.6) is 0 Å². The van der Waals surface area contributed by atoms with Crippen molar-refractivity contribution >= 4 is 0 Å². The molecule has 0 radical (unpaired) electrons. The lowest BCUT2D eigenvalue weighted by molar-refractivity contribution is 0.102. The van der Waals surface area contributed by atoms with Gasteiger partial charge in [0.15, 0.2) is 0 Å². The molecule has 3 unspecified atom stereocenters. The molecule has 3 atom stereocenters. The highest BCUT2D eigenvalue weighted by atomic mass is 16.1. The maximum Gasteiger partial charge on any atom is 0.250 e. The molecule has 1 aromatic heterocycles. The second kappa shape index (κ2) is 7.76. The second-order valence-corrected chi connectivity index (χ2v) is 6.19. The summed E-state index contributed by atoms with van der Waals surface area (Å²) in [5, 5.41) is 3.70. The summed E-state index contributed by atoms with van der Waals surface area (Å²) in [7, 11) is 0. The summed E-state index contributed by atoms with van der Waals surface area (Å²) in [6.45, 7) is 10.7. The van der Waals surface area contributed by atoms with Crippen LogP contribution in [-0.2, 0) is 6.54 Å². The molecule has 4 heteroatoms. The van der Waals surface area contributed by atoms with Gasteiger partial charge in [0.1, 0.15) is 0 Å². The number of nitrogens with one attached hydrogen (secondary N) is 1. The van der Waals surface area contributed by atoms with Crippen molar-refractivity contribution in [2.24, 2.45) is 5.92 Å². The predicted octanol–water partition coefficient (Wildman–Crippen LogP) is 1.95. The molecule has 1 aliphatic heterocycles. The first kappa shape index (κ1) is 16.2. The van der Waals surface area contributed by atoms with Gasteiger partial charge in [-0.25, -0.2) is 0 Å².